The third-order valence-corrected chi connectivity index (χ3v) is 5.34. The van der Waals surface area contributed by atoms with E-state index in [4.69, 9.17) is 14.7 Å². The number of carbonyl (C=O) groups excluding carboxylic acids is 1. The number of anilines is 2. The summed E-state index contributed by atoms with van der Waals surface area (Å²) in [6, 6.07) is 12.2. The predicted molar refractivity (Wildman–Crippen MR) is 109 cm³/mol. The number of rotatable bonds is 5. The molecule has 0 bridgehead atoms. The number of carbonyl (C=O) groups is 1. The van der Waals surface area contributed by atoms with Crippen molar-refractivity contribution in [3.8, 4) is 11.3 Å². The van der Waals surface area contributed by atoms with Gasteiger partial charge in [-0.05, 0) is 12.8 Å². The van der Waals surface area contributed by atoms with Crippen molar-refractivity contribution in [2.24, 2.45) is 0 Å². The van der Waals surface area contributed by atoms with E-state index < -0.39 is 0 Å². The first-order valence-corrected chi connectivity index (χ1v) is 9.99. The van der Waals surface area contributed by atoms with E-state index in [0.29, 0.717) is 5.95 Å². The molecule has 3 heterocycles. The van der Waals surface area contributed by atoms with Crippen LogP contribution >= 0.6 is 0 Å². The maximum atomic E-state index is 11.6. The molecule has 7 nitrogen and oxygen atoms in total. The number of benzene rings is 1. The molecule has 0 radical (unpaired) electrons. The fourth-order valence-corrected chi connectivity index (χ4v) is 3.69. The number of hydrogen-bond donors (Lipinski definition) is 1. The molecule has 1 amide bonds. The summed E-state index contributed by atoms with van der Waals surface area (Å²) in [5.41, 5.74) is 1.96. The van der Waals surface area contributed by atoms with E-state index in [1.54, 1.807) is 6.92 Å². The number of amides is 1. The van der Waals surface area contributed by atoms with Crippen LogP contribution in [0.25, 0.3) is 11.3 Å². The Hall–Kier alpha value is -2.67. The maximum Gasteiger partial charge on any atom is 0.225 e. The Morgan fingerprint density at radius 3 is 2.64 bits per heavy atom. The lowest BCUT2D eigenvalue weighted by Gasteiger charge is -2.35. The van der Waals surface area contributed by atoms with Gasteiger partial charge in [0.05, 0.1) is 11.8 Å². The summed E-state index contributed by atoms with van der Waals surface area (Å²) in [4.78, 5) is 25.2. The van der Waals surface area contributed by atoms with Gasteiger partial charge >= 0.3 is 0 Å². The van der Waals surface area contributed by atoms with Crippen molar-refractivity contribution in [2.75, 3.05) is 49.5 Å². The fourth-order valence-electron chi connectivity index (χ4n) is 3.69. The number of aromatic nitrogens is 2. The molecule has 1 aromatic carbocycles. The average molecular weight is 381 g/mol. The summed E-state index contributed by atoms with van der Waals surface area (Å²) in [6.07, 6.45) is 2.42. The van der Waals surface area contributed by atoms with Gasteiger partial charge in [0, 0.05) is 57.9 Å². The molecular formula is C21H27N5O2. The first-order valence-electron chi connectivity index (χ1n) is 9.99. The lowest BCUT2D eigenvalue weighted by Crippen LogP contribution is -2.48. The first kappa shape index (κ1) is 18.7. The van der Waals surface area contributed by atoms with E-state index in [2.05, 4.69) is 22.3 Å². The van der Waals surface area contributed by atoms with E-state index in [0.717, 1.165) is 69.2 Å². The summed E-state index contributed by atoms with van der Waals surface area (Å²) >= 11 is 0. The van der Waals surface area contributed by atoms with E-state index in [-0.39, 0.29) is 12.0 Å². The zero-order chi connectivity index (χ0) is 19.3. The van der Waals surface area contributed by atoms with Gasteiger partial charge in [0.15, 0.2) is 0 Å². The number of hydrogen-bond acceptors (Lipinski definition) is 6. The maximum absolute atomic E-state index is 11.6. The van der Waals surface area contributed by atoms with Gasteiger partial charge in [-0.2, -0.15) is 4.98 Å². The highest BCUT2D eigenvalue weighted by atomic mass is 16.5. The third-order valence-electron chi connectivity index (χ3n) is 5.34. The molecule has 4 rings (SSSR count). The Kier molecular flexibility index (Phi) is 5.71. The van der Waals surface area contributed by atoms with Gasteiger partial charge in [-0.1, -0.05) is 30.3 Å². The third kappa shape index (κ3) is 4.42. The largest absolute Gasteiger partial charge is 0.376 e. The average Bonchev–Trinajstić information content (AvgIpc) is 3.26. The molecule has 2 aliphatic heterocycles. The Bertz CT molecular complexity index is 800. The summed E-state index contributed by atoms with van der Waals surface area (Å²) in [5.74, 6) is 1.65. The summed E-state index contributed by atoms with van der Waals surface area (Å²) in [7, 11) is 0. The van der Waals surface area contributed by atoms with Crippen LogP contribution in [0.1, 0.15) is 19.8 Å². The quantitative estimate of drug-likeness (QED) is 0.858. The molecular weight excluding hydrogens is 354 g/mol. The molecule has 1 atom stereocenters. The minimum atomic E-state index is 0.131. The Morgan fingerprint density at radius 1 is 1.18 bits per heavy atom. The molecule has 148 valence electrons. The van der Waals surface area contributed by atoms with Crippen LogP contribution in [0.4, 0.5) is 11.8 Å². The Balaban J connectivity index is 1.55. The second-order valence-electron chi connectivity index (χ2n) is 7.31. The Labute approximate surface area is 165 Å². The summed E-state index contributed by atoms with van der Waals surface area (Å²) < 4.78 is 5.70. The van der Waals surface area contributed by atoms with Crippen molar-refractivity contribution in [3.63, 3.8) is 0 Å². The highest BCUT2D eigenvalue weighted by Crippen LogP contribution is 2.24. The molecule has 1 unspecified atom stereocenters. The van der Waals surface area contributed by atoms with Crippen LogP contribution < -0.4 is 10.2 Å². The van der Waals surface area contributed by atoms with Crippen molar-refractivity contribution in [3.05, 3.63) is 36.4 Å². The molecule has 0 spiro atoms. The molecule has 2 fully saturated rings. The van der Waals surface area contributed by atoms with Crippen LogP contribution in [0.3, 0.4) is 0 Å². The molecule has 7 heteroatoms. The topological polar surface area (TPSA) is 70.6 Å². The standard InChI is InChI=1S/C21H27N5O2/c1-16(27)25-9-11-26(12-10-25)20-14-19(17-6-3-2-4-7-17)23-21(24-20)22-15-18-8-5-13-28-18/h2-4,6-7,14,18H,5,8-13,15H2,1H3,(H,22,23,24). The monoisotopic (exact) mass is 381 g/mol. The van der Waals surface area contributed by atoms with Gasteiger partial charge in [-0.25, -0.2) is 4.98 Å². The van der Waals surface area contributed by atoms with Crippen LogP contribution in [-0.4, -0.2) is 66.2 Å². The molecule has 1 N–H and O–H groups in total. The van der Waals surface area contributed by atoms with E-state index in [1.165, 1.54) is 0 Å². The van der Waals surface area contributed by atoms with Crippen molar-refractivity contribution in [1.82, 2.24) is 14.9 Å². The molecule has 0 saturated carbocycles. The molecule has 2 aliphatic rings. The van der Waals surface area contributed by atoms with Crippen molar-refractivity contribution in [1.29, 1.82) is 0 Å². The molecule has 2 saturated heterocycles. The van der Waals surface area contributed by atoms with Crippen LogP contribution in [0.2, 0.25) is 0 Å². The van der Waals surface area contributed by atoms with Crippen LogP contribution in [0.15, 0.2) is 36.4 Å². The van der Waals surface area contributed by atoms with Crippen LogP contribution in [0, 0.1) is 0 Å². The van der Waals surface area contributed by atoms with Gasteiger partial charge in [0.2, 0.25) is 11.9 Å². The van der Waals surface area contributed by atoms with Crippen LogP contribution in [-0.2, 0) is 9.53 Å². The van der Waals surface area contributed by atoms with E-state index in [9.17, 15) is 4.79 Å². The second-order valence-corrected chi connectivity index (χ2v) is 7.31. The van der Waals surface area contributed by atoms with Gasteiger partial charge in [-0.15, -0.1) is 0 Å². The predicted octanol–water partition coefficient (Wildman–Crippen LogP) is 2.40. The SMILES string of the molecule is CC(=O)N1CCN(c2cc(-c3ccccc3)nc(NCC3CCCO3)n2)CC1. The molecule has 28 heavy (non-hydrogen) atoms. The number of nitrogens with zero attached hydrogens (tertiary/aromatic N) is 4. The first-order chi connectivity index (χ1) is 13.7. The zero-order valence-corrected chi connectivity index (χ0v) is 16.3. The van der Waals surface area contributed by atoms with Crippen LogP contribution in [0.5, 0.6) is 0 Å². The second kappa shape index (κ2) is 8.56. The molecule has 2 aromatic rings. The smallest absolute Gasteiger partial charge is 0.225 e. The van der Waals surface area contributed by atoms with Gasteiger partial charge in [0.1, 0.15) is 5.82 Å². The zero-order valence-electron chi connectivity index (χ0n) is 16.3. The normalized spacial score (nSPS) is 19.7. The summed E-state index contributed by atoms with van der Waals surface area (Å²) in [6.45, 7) is 6.17. The number of piperazine rings is 1. The Morgan fingerprint density at radius 2 is 1.96 bits per heavy atom. The minimum absolute atomic E-state index is 0.131. The number of ether oxygens (including phenoxy) is 1. The lowest BCUT2D eigenvalue weighted by atomic mass is 10.1. The van der Waals surface area contributed by atoms with Crippen molar-refractivity contribution in [2.45, 2.75) is 25.9 Å². The minimum Gasteiger partial charge on any atom is -0.376 e. The van der Waals surface area contributed by atoms with Gasteiger partial charge in [-0.3, -0.25) is 4.79 Å². The van der Waals surface area contributed by atoms with E-state index >= 15 is 0 Å². The summed E-state index contributed by atoms with van der Waals surface area (Å²) in [5, 5.41) is 3.36. The van der Waals surface area contributed by atoms with Gasteiger partial charge < -0.3 is 19.9 Å². The van der Waals surface area contributed by atoms with Gasteiger partial charge in [0.25, 0.3) is 0 Å². The lowest BCUT2D eigenvalue weighted by molar-refractivity contribution is -0.129. The fraction of sp³-hybridized carbons (Fsp3) is 0.476. The highest BCUT2D eigenvalue weighted by Gasteiger charge is 2.21. The van der Waals surface area contributed by atoms with Crippen molar-refractivity contribution >= 4 is 17.7 Å². The van der Waals surface area contributed by atoms with E-state index in [1.807, 2.05) is 29.2 Å². The highest BCUT2D eigenvalue weighted by molar-refractivity contribution is 5.73. The number of nitrogens with one attached hydrogen (secondary N) is 1. The molecule has 0 aliphatic carbocycles. The molecule has 1 aromatic heterocycles. The van der Waals surface area contributed by atoms with Crippen molar-refractivity contribution < 1.29 is 9.53 Å².